The van der Waals surface area contributed by atoms with E-state index in [1.807, 2.05) is 0 Å². The highest BCUT2D eigenvalue weighted by molar-refractivity contribution is 5.80. The van der Waals surface area contributed by atoms with E-state index in [9.17, 15) is 9.59 Å². The lowest BCUT2D eigenvalue weighted by molar-refractivity contribution is -0.118. The monoisotopic (exact) mass is 126 g/mol. The molecular weight excluding hydrogens is 120 g/mol. The van der Waals surface area contributed by atoms with E-state index in [2.05, 4.69) is 5.32 Å². The molecule has 0 saturated carbocycles. The van der Waals surface area contributed by atoms with Crippen molar-refractivity contribution in [3.8, 4) is 0 Å². The molecule has 4 heteroatoms. The van der Waals surface area contributed by atoms with Gasteiger partial charge in [-0.2, -0.15) is 0 Å². The Bertz CT molecular complexity index is 172. The number of nitrogens with zero attached hydrogens (tertiary/aromatic N) is 1. The highest BCUT2D eigenvalue weighted by atomic mass is 16.2. The van der Waals surface area contributed by atoms with Gasteiger partial charge < -0.3 is 10.2 Å². The summed E-state index contributed by atoms with van der Waals surface area (Å²) in [4.78, 5) is 21.7. The number of nitrogens with one attached hydrogen (secondary N) is 1. The topological polar surface area (TPSA) is 49.4 Å². The minimum Gasteiger partial charge on any atom is -0.342 e. The Morgan fingerprint density at radius 2 is 2.56 bits per heavy atom. The minimum absolute atomic E-state index is 0.0542. The van der Waals surface area contributed by atoms with Crippen molar-refractivity contribution >= 4 is 11.8 Å². The fourth-order valence-corrected chi connectivity index (χ4v) is 0.652. The number of hydrogen-bond acceptors (Lipinski definition) is 3. The molecule has 1 saturated heterocycles. The van der Waals surface area contributed by atoms with Crippen molar-refractivity contribution in [3.63, 3.8) is 0 Å². The summed E-state index contributed by atoms with van der Waals surface area (Å²) in [5.41, 5.74) is 0. The molecule has 1 N–H and O–H groups in total. The summed E-state index contributed by atoms with van der Waals surface area (Å²) in [6.07, 6.45) is 1.22. The zero-order valence-corrected chi connectivity index (χ0v) is 4.76. The van der Waals surface area contributed by atoms with Crippen LogP contribution < -0.4 is 5.32 Å². The molecule has 0 unspecified atom stereocenters. The quantitative estimate of drug-likeness (QED) is 0.445. The Kier molecular flexibility index (Phi) is 1.51. The fourth-order valence-electron chi connectivity index (χ4n) is 0.652. The predicted molar refractivity (Wildman–Crippen MR) is 30.0 cm³/mol. The molecule has 0 aromatic rings. The standard InChI is InChI=1S/C5H6N2O2/c8-2-1-7-3-5(9)6-4-7/h1H,3-4H2,(H,6,9). The molecule has 1 aliphatic heterocycles. The van der Waals surface area contributed by atoms with E-state index >= 15 is 0 Å². The van der Waals surface area contributed by atoms with E-state index in [0.29, 0.717) is 6.67 Å². The van der Waals surface area contributed by atoms with Crippen LogP contribution in [0.2, 0.25) is 0 Å². The van der Waals surface area contributed by atoms with Crippen LogP contribution in [0, 0.1) is 0 Å². The second kappa shape index (κ2) is 2.33. The van der Waals surface area contributed by atoms with E-state index in [-0.39, 0.29) is 12.5 Å². The number of carbonyl (C=O) groups excluding carboxylic acids is 2. The van der Waals surface area contributed by atoms with Crippen LogP contribution in [0.1, 0.15) is 0 Å². The molecular formula is C5H6N2O2. The van der Waals surface area contributed by atoms with Gasteiger partial charge in [-0.3, -0.25) is 4.79 Å². The van der Waals surface area contributed by atoms with Crippen molar-refractivity contribution in [2.45, 2.75) is 0 Å². The van der Waals surface area contributed by atoms with Crippen LogP contribution in [0.15, 0.2) is 6.20 Å². The van der Waals surface area contributed by atoms with E-state index in [0.717, 1.165) is 0 Å². The van der Waals surface area contributed by atoms with E-state index < -0.39 is 0 Å². The summed E-state index contributed by atoms with van der Waals surface area (Å²) in [7, 11) is 0. The lowest BCUT2D eigenvalue weighted by Gasteiger charge is -2.02. The van der Waals surface area contributed by atoms with Crippen molar-refractivity contribution in [1.82, 2.24) is 10.2 Å². The summed E-state index contributed by atoms with van der Waals surface area (Å²) < 4.78 is 0. The smallest absolute Gasteiger partial charge is 0.240 e. The molecule has 9 heavy (non-hydrogen) atoms. The van der Waals surface area contributed by atoms with Crippen LogP contribution in [-0.2, 0) is 9.59 Å². The summed E-state index contributed by atoms with van der Waals surface area (Å²) in [5.74, 6) is 1.53. The third-order valence-corrected chi connectivity index (χ3v) is 1.06. The van der Waals surface area contributed by atoms with Gasteiger partial charge in [-0.1, -0.05) is 0 Å². The van der Waals surface area contributed by atoms with Gasteiger partial charge in [0.1, 0.15) is 5.94 Å². The number of rotatable bonds is 1. The predicted octanol–water partition coefficient (Wildman–Crippen LogP) is -1.28. The molecule has 0 aliphatic carbocycles. The maximum absolute atomic E-state index is 10.4. The highest BCUT2D eigenvalue weighted by Gasteiger charge is 2.13. The number of hydrogen-bond donors (Lipinski definition) is 1. The maximum atomic E-state index is 10.4. The molecule has 0 aromatic heterocycles. The average molecular weight is 126 g/mol. The van der Waals surface area contributed by atoms with Crippen LogP contribution in [0.25, 0.3) is 0 Å². The Morgan fingerprint density at radius 3 is 3.00 bits per heavy atom. The molecule has 0 aromatic carbocycles. The molecule has 1 heterocycles. The third-order valence-electron chi connectivity index (χ3n) is 1.06. The number of amides is 1. The van der Waals surface area contributed by atoms with Crippen molar-refractivity contribution in [1.29, 1.82) is 0 Å². The van der Waals surface area contributed by atoms with Gasteiger partial charge in [0.15, 0.2) is 0 Å². The van der Waals surface area contributed by atoms with E-state index in [1.165, 1.54) is 6.20 Å². The first-order valence-corrected chi connectivity index (χ1v) is 2.54. The molecule has 0 spiro atoms. The first-order valence-electron chi connectivity index (χ1n) is 2.54. The van der Waals surface area contributed by atoms with Gasteiger partial charge in [0.2, 0.25) is 5.91 Å². The molecule has 48 valence electrons. The maximum Gasteiger partial charge on any atom is 0.240 e. The molecule has 0 radical (unpaired) electrons. The van der Waals surface area contributed by atoms with Crippen molar-refractivity contribution in [3.05, 3.63) is 6.20 Å². The Labute approximate surface area is 52.1 Å². The van der Waals surface area contributed by atoms with E-state index in [1.54, 1.807) is 10.8 Å². The zero-order valence-electron chi connectivity index (χ0n) is 4.76. The Hall–Kier alpha value is -1.28. The first kappa shape index (κ1) is 5.85. The van der Waals surface area contributed by atoms with Gasteiger partial charge in [-0.15, -0.1) is 0 Å². The molecule has 1 rings (SSSR count). The van der Waals surface area contributed by atoms with Crippen LogP contribution in [0.4, 0.5) is 0 Å². The fraction of sp³-hybridized carbons (Fsp3) is 0.400. The summed E-state index contributed by atoms with van der Waals surface area (Å²) in [6, 6.07) is 0. The van der Waals surface area contributed by atoms with Gasteiger partial charge in [0.25, 0.3) is 0 Å². The second-order valence-corrected chi connectivity index (χ2v) is 1.75. The van der Waals surface area contributed by atoms with Crippen LogP contribution in [0.5, 0.6) is 0 Å². The van der Waals surface area contributed by atoms with Crippen LogP contribution in [0.3, 0.4) is 0 Å². The first-order chi connectivity index (χ1) is 4.33. The molecule has 0 bridgehead atoms. The molecule has 0 atom stereocenters. The van der Waals surface area contributed by atoms with Crippen molar-refractivity contribution in [2.24, 2.45) is 0 Å². The van der Waals surface area contributed by atoms with E-state index in [4.69, 9.17) is 0 Å². The third kappa shape index (κ3) is 1.30. The van der Waals surface area contributed by atoms with Gasteiger partial charge in [0, 0.05) is 0 Å². The highest BCUT2D eigenvalue weighted by Crippen LogP contribution is 1.90. The van der Waals surface area contributed by atoms with Gasteiger partial charge in [-0.25, -0.2) is 4.79 Å². The number of carbonyl (C=O) groups is 1. The summed E-state index contributed by atoms with van der Waals surface area (Å²) in [6.45, 7) is 0.698. The van der Waals surface area contributed by atoms with Gasteiger partial charge >= 0.3 is 0 Å². The SMILES string of the molecule is O=C=CN1CNC(=O)C1. The van der Waals surface area contributed by atoms with Crippen molar-refractivity contribution in [2.75, 3.05) is 13.2 Å². The lowest BCUT2D eigenvalue weighted by atomic mass is 10.6. The molecule has 1 fully saturated rings. The zero-order chi connectivity index (χ0) is 6.69. The van der Waals surface area contributed by atoms with Crippen LogP contribution in [-0.4, -0.2) is 30.0 Å². The van der Waals surface area contributed by atoms with Crippen molar-refractivity contribution < 1.29 is 9.59 Å². The Morgan fingerprint density at radius 1 is 1.78 bits per heavy atom. The minimum atomic E-state index is -0.0542. The van der Waals surface area contributed by atoms with Crippen LogP contribution >= 0.6 is 0 Å². The normalized spacial score (nSPS) is 16.9. The molecule has 1 aliphatic rings. The second-order valence-electron chi connectivity index (χ2n) is 1.75. The Balaban J connectivity index is 2.48. The largest absolute Gasteiger partial charge is 0.342 e. The van der Waals surface area contributed by atoms with Gasteiger partial charge in [-0.05, 0) is 0 Å². The lowest BCUT2D eigenvalue weighted by Crippen LogP contribution is -2.15. The molecule has 1 amide bonds. The average Bonchev–Trinajstić information content (AvgIpc) is 2.17. The van der Waals surface area contributed by atoms with Gasteiger partial charge in [0.05, 0.1) is 19.4 Å². The molecule has 4 nitrogen and oxygen atoms in total. The summed E-state index contributed by atoms with van der Waals surface area (Å²) in [5, 5.41) is 2.53. The summed E-state index contributed by atoms with van der Waals surface area (Å²) >= 11 is 0.